The summed E-state index contributed by atoms with van der Waals surface area (Å²) < 4.78 is 0. The molecule has 2 heterocycles. The summed E-state index contributed by atoms with van der Waals surface area (Å²) in [6.45, 7) is 7.63. The van der Waals surface area contributed by atoms with E-state index in [0.29, 0.717) is 6.04 Å². The Bertz CT molecular complexity index is 373. The largest absolute Gasteiger partial charge is 0.355 e. The highest BCUT2D eigenvalue weighted by atomic mass is 35.5. The van der Waals surface area contributed by atoms with Crippen molar-refractivity contribution < 1.29 is 0 Å². The second kappa shape index (κ2) is 6.39. The molecule has 1 aromatic heterocycles. The van der Waals surface area contributed by atoms with Crippen molar-refractivity contribution in [3.8, 4) is 0 Å². The molecule has 18 heavy (non-hydrogen) atoms. The van der Waals surface area contributed by atoms with Crippen LogP contribution in [0.2, 0.25) is 5.02 Å². The lowest BCUT2D eigenvalue weighted by atomic mass is 9.96. The fourth-order valence-corrected chi connectivity index (χ4v) is 2.60. The maximum atomic E-state index is 6.18. The summed E-state index contributed by atoms with van der Waals surface area (Å²) in [7, 11) is 0. The van der Waals surface area contributed by atoms with Crippen LogP contribution in [-0.4, -0.2) is 30.7 Å². The summed E-state index contributed by atoms with van der Waals surface area (Å²) in [5.41, 5.74) is 0. The van der Waals surface area contributed by atoms with Gasteiger partial charge in [0.25, 0.3) is 0 Å². The Labute approximate surface area is 115 Å². The van der Waals surface area contributed by atoms with Gasteiger partial charge in [-0.1, -0.05) is 25.4 Å². The van der Waals surface area contributed by atoms with Crippen molar-refractivity contribution in [3.05, 3.63) is 23.4 Å². The molecule has 3 nitrogen and oxygen atoms in total. The van der Waals surface area contributed by atoms with Gasteiger partial charge in [0.2, 0.25) is 0 Å². The minimum absolute atomic E-state index is 0.577. The summed E-state index contributed by atoms with van der Waals surface area (Å²) >= 11 is 6.18. The van der Waals surface area contributed by atoms with Crippen molar-refractivity contribution in [2.45, 2.75) is 32.7 Å². The lowest BCUT2D eigenvalue weighted by Gasteiger charge is -2.33. The van der Waals surface area contributed by atoms with E-state index in [9.17, 15) is 0 Å². The number of hydrogen-bond donors (Lipinski definition) is 1. The normalized spacial score (nSPS) is 17.4. The van der Waals surface area contributed by atoms with Crippen LogP contribution in [0.15, 0.2) is 18.3 Å². The first kappa shape index (κ1) is 13.6. The Hall–Kier alpha value is -0.800. The highest BCUT2D eigenvalue weighted by molar-refractivity contribution is 6.32. The molecule has 0 amide bonds. The molecule has 2 rings (SSSR count). The molecular weight excluding hydrogens is 246 g/mol. The van der Waals surface area contributed by atoms with E-state index in [2.05, 4.69) is 29.0 Å². The minimum Gasteiger partial charge on any atom is -0.355 e. The number of nitrogens with zero attached hydrogens (tertiary/aromatic N) is 2. The van der Waals surface area contributed by atoms with E-state index in [4.69, 9.17) is 11.6 Å². The fraction of sp³-hybridized carbons (Fsp3) is 0.643. The molecule has 0 aromatic carbocycles. The predicted molar refractivity (Wildman–Crippen MR) is 77.3 cm³/mol. The maximum absolute atomic E-state index is 6.18. The van der Waals surface area contributed by atoms with Gasteiger partial charge in [-0.05, 0) is 37.4 Å². The summed E-state index contributed by atoms with van der Waals surface area (Å²) in [4.78, 5) is 6.68. The zero-order chi connectivity index (χ0) is 13.0. The Balaban J connectivity index is 1.85. The van der Waals surface area contributed by atoms with Crippen LogP contribution in [0.5, 0.6) is 0 Å². The highest BCUT2D eigenvalue weighted by Crippen LogP contribution is 2.26. The second-order valence-electron chi connectivity index (χ2n) is 5.30. The van der Waals surface area contributed by atoms with Gasteiger partial charge in [0, 0.05) is 25.3 Å². The molecule has 1 aliphatic rings. The Kier molecular flexibility index (Phi) is 4.84. The molecule has 100 valence electrons. The molecule has 0 radical (unpaired) electrons. The fourth-order valence-electron chi connectivity index (χ4n) is 2.36. The van der Waals surface area contributed by atoms with Crippen LogP contribution in [0.25, 0.3) is 0 Å². The van der Waals surface area contributed by atoms with E-state index >= 15 is 0 Å². The standard InChI is InChI=1S/C14H22ClN3/c1-11(2)17-10-12-5-8-18(9-6-12)14-13(15)4-3-7-16-14/h3-4,7,11-12,17H,5-6,8-10H2,1-2H3. The molecule has 0 spiro atoms. The van der Waals surface area contributed by atoms with Crippen LogP contribution in [0.1, 0.15) is 26.7 Å². The van der Waals surface area contributed by atoms with E-state index in [0.717, 1.165) is 36.4 Å². The Morgan fingerprint density at radius 1 is 1.44 bits per heavy atom. The third-order valence-electron chi connectivity index (χ3n) is 3.47. The number of pyridine rings is 1. The van der Waals surface area contributed by atoms with Gasteiger partial charge in [-0.3, -0.25) is 0 Å². The van der Waals surface area contributed by atoms with Crippen LogP contribution in [0.3, 0.4) is 0 Å². The number of halogens is 1. The molecule has 0 saturated carbocycles. The highest BCUT2D eigenvalue weighted by Gasteiger charge is 2.21. The lowest BCUT2D eigenvalue weighted by molar-refractivity contribution is 0.370. The Morgan fingerprint density at radius 2 is 2.17 bits per heavy atom. The van der Waals surface area contributed by atoms with E-state index < -0.39 is 0 Å². The quantitative estimate of drug-likeness (QED) is 0.909. The number of anilines is 1. The van der Waals surface area contributed by atoms with Crippen molar-refractivity contribution in [1.82, 2.24) is 10.3 Å². The number of nitrogens with one attached hydrogen (secondary N) is 1. The molecule has 0 aliphatic carbocycles. The summed E-state index contributed by atoms with van der Waals surface area (Å²) in [6.07, 6.45) is 4.24. The van der Waals surface area contributed by atoms with Crippen molar-refractivity contribution >= 4 is 17.4 Å². The molecule has 1 aliphatic heterocycles. The summed E-state index contributed by atoms with van der Waals surface area (Å²) in [5, 5.41) is 4.28. The van der Waals surface area contributed by atoms with Gasteiger partial charge in [-0.15, -0.1) is 0 Å². The SMILES string of the molecule is CC(C)NCC1CCN(c2ncccc2Cl)CC1. The number of rotatable bonds is 4. The molecule has 0 atom stereocenters. The maximum Gasteiger partial charge on any atom is 0.147 e. The van der Waals surface area contributed by atoms with Crippen molar-refractivity contribution in [3.63, 3.8) is 0 Å². The molecule has 1 saturated heterocycles. The average molecular weight is 268 g/mol. The number of hydrogen-bond acceptors (Lipinski definition) is 3. The van der Waals surface area contributed by atoms with Crippen molar-refractivity contribution in [2.75, 3.05) is 24.5 Å². The minimum atomic E-state index is 0.577. The third kappa shape index (κ3) is 3.59. The van der Waals surface area contributed by atoms with Gasteiger partial charge in [-0.25, -0.2) is 4.98 Å². The first-order chi connectivity index (χ1) is 8.66. The second-order valence-corrected chi connectivity index (χ2v) is 5.71. The van der Waals surface area contributed by atoms with Crippen molar-refractivity contribution in [1.29, 1.82) is 0 Å². The van der Waals surface area contributed by atoms with Crippen LogP contribution >= 0.6 is 11.6 Å². The van der Waals surface area contributed by atoms with E-state index in [1.165, 1.54) is 12.8 Å². The molecule has 1 fully saturated rings. The molecule has 1 N–H and O–H groups in total. The van der Waals surface area contributed by atoms with Crippen molar-refractivity contribution in [2.24, 2.45) is 5.92 Å². The average Bonchev–Trinajstić information content (AvgIpc) is 2.38. The van der Waals surface area contributed by atoms with Crippen LogP contribution in [0.4, 0.5) is 5.82 Å². The molecule has 1 aromatic rings. The van der Waals surface area contributed by atoms with Gasteiger partial charge in [0.15, 0.2) is 0 Å². The first-order valence-electron chi connectivity index (χ1n) is 6.75. The van der Waals surface area contributed by atoms with Crippen LogP contribution in [-0.2, 0) is 0 Å². The van der Waals surface area contributed by atoms with Gasteiger partial charge in [0.05, 0.1) is 5.02 Å². The summed E-state index contributed by atoms with van der Waals surface area (Å²) in [6, 6.07) is 4.37. The van der Waals surface area contributed by atoms with Gasteiger partial charge >= 0.3 is 0 Å². The topological polar surface area (TPSA) is 28.2 Å². The zero-order valence-electron chi connectivity index (χ0n) is 11.2. The molecule has 4 heteroatoms. The van der Waals surface area contributed by atoms with Gasteiger partial charge < -0.3 is 10.2 Å². The van der Waals surface area contributed by atoms with Gasteiger partial charge in [-0.2, -0.15) is 0 Å². The van der Waals surface area contributed by atoms with E-state index in [-0.39, 0.29) is 0 Å². The lowest BCUT2D eigenvalue weighted by Crippen LogP contribution is -2.39. The molecule has 0 unspecified atom stereocenters. The molecule has 0 bridgehead atoms. The van der Waals surface area contributed by atoms with Crippen LogP contribution < -0.4 is 10.2 Å². The molecular formula is C14H22ClN3. The number of aromatic nitrogens is 1. The van der Waals surface area contributed by atoms with E-state index in [1.807, 2.05) is 18.3 Å². The van der Waals surface area contributed by atoms with Gasteiger partial charge in [0.1, 0.15) is 5.82 Å². The zero-order valence-corrected chi connectivity index (χ0v) is 12.0. The first-order valence-corrected chi connectivity index (χ1v) is 7.13. The smallest absolute Gasteiger partial charge is 0.147 e. The monoisotopic (exact) mass is 267 g/mol. The van der Waals surface area contributed by atoms with E-state index in [1.54, 1.807) is 0 Å². The van der Waals surface area contributed by atoms with Crippen LogP contribution in [0, 0.1) is 5.92 Å². The number of piperidine rings is 1. The third-order valence-corrected chi connectivity index (χ3v) is 3.76. The predicted octanol–water partition coefficient (Wildman–Crippen LogP) is 2.95. The summed E-state index contributed by atoms with van der Waals surface area (Å²) in [5.74, 6) is 1.72. The Morgan fingerprint density at radius 3 is 2.78 bits per heavy atom.